The van der Waals surface area contributed by atoms with Gasteiger partial charge in [0.05, 0.1) is 24.6 Å². The number of hydrogen-bond acceptors (Lipinski definition) is 4. The monoisotopic (exact) mass is 433 g/mol. The maximum Gasteiger partial charge on any atom is 0.256 e. The van der Waals surface area contributed by atoms with Crippen molar-refractivity contribution in [3.8, 4) is 0 Å². The first-order valence-electron chi connectivity index (χ1n) is 9.17. The van der Waals surface area contributed by atoms with Gasteiger partial charge in [0.25, 0.3) is 5.56 Å². The first kappa shape index (κ1) is 20.5. The van der Waals surface area contributed by atoms with Crippen molar-refractivity contribution in [2.45, 2.75) is 18.7 Å². The Morgan fingerprint density at radius 2 is 1.97 bits per heavy atom. The van der Waals surface area contributed by atoms with E-state index in [9.17, 15) is 18.4 Å². The number of pyridine rings is 1. The number of nitrogens with one attached hydrogen (secondary N) is 1. The van der Waals surface area contributed by atoms with Crippen molar-refractivity contribution in [3.63, 3.8) is 0 Å². The van der Waals surface area contributed by atoms with Gasteiger partial charge in [0.2, 0.25) is 5.91 Å². The van der Waals surface area contributed by atoms with Crippen molar-refractivity contribution in [1.82, 2.24) is 9.88 Å². The Hall–Kier alpha value is -2.81. The van der Waals surface area contributed by atoms with Gasteiger partial charge in [0.1, 0.15) is 6.04 Å². The lowest BCUT2D eigenvalue weighted by Gasteiger charge is -2.35. The molecule has 0 aliphatic carbocycles. The quantitative estimate of drug-likeness (QED) is 0.664. The predicted octanol–water partition coefficient (Wildman–Crippen LogP) is 3.19. The molecule has 0 spiro atoms. The lowest BCUT2D eigenvalue weighted by atomic mass is 9.94. The minimum Gasteiger partial charge on any atom is -0.373 e. The molecule has 9 heteroatoms. The molecule has 0 bridgehead atoms. The van der Waals surface area contributed by atoms with Crippen molar-refractivity contribution in [1.29, 1.82) is 0 Å². The van der Waals surface area contributed by atoms with Crippen LogP contribution in [0.5, 0.6) is 0 Å². The van der Waals surface area contributed by atoms with E-state index in [1.807, 2.05) is 0 Å². The summed E-state index contributed by atoms with van der Waals surface area (Å²) in [6.07, 6.45) is 0. The molecule has 2 aromatic carbocycles. The second-order valence-electron chi connectivity index (χ2n) is 7.17. The number of ether oxygens (including phenoxy) is 1. The number of nitrogens with two attached hydrogens (primary N) is 1. The highest BCUT2D eigenvalue weighted by Gasteiger charge is 2.33. The molecule has 1 aliphatic rings. The van der Waals surface area contributed by atoms with Gasteiger partial charge in [0.15, 0.2) is 11.6 Å². The minimum atomic E-state index is -1.12. The molecule has 0 radical (unpaired) electrons. The fraction of sp³-hybridized carbons (Fsp3) is 0.238. The number of likely N-dealkylation sites (N-methyl/N-ethyl adjacent to an activating group) is 1. The summed E-state index contributed by atoms with van der Waals surface area (Å²) in [6, 6.07) is 6.86. The highest BCUT2D eigenvalue weighted by molar-refractivity contribution is 6.30. The van der Waals surface area contributed by atoms with Gasteiger partial charge in [-0.25, -0.2) is 8.78 Å². The van der Waals surface area contributed by atoms with Crippen molar-refractivity contribution < 1.29 is 18.3 Å². The number of benzene rings is 2. The van der Waals surface area contributed by atoms with E-state index >= 15 is 0 Å². The molecule has 1 aromatic heterocycles. The second kappa shape index (κ2) is 7.79. The summed E-state index contributed by atoms with van der Waals surface area (Å²) >= 11 is 6.00. The van der Waals surface area contributed by atoms with Crippen molar-refractivity contribution in [2.24, 2.45) is 5.73 Å². The number of carbonyl (C=O) groups is 1. The standard InChI is InChI=1S/C21H18ClF2N3O3/c1-27(21(29)19(25)10-3-2-4-11(22)5-10)17-9-30-8-16-18(17)12-6-14(23)15(24)7-13(12)20(28)26-16/h2-7,17,19H,8-9,25H2,1H3,(H,26,28)/t17-,19-/m0/s1. The van der Waals surface area contributed by atoms with Gasteiger partial charge < -0.3 is 20.4 Å². The molecular weight excluding hydrogens is 416 g/mol. The average molecular weight is 434 g/mol. The van der Waals surface area contributed by atoms with Gasteiger partial charge >= 0.3 is 0 Å². The molecule has 0 fully saturated rings. The Kier molecular flexibility index (Phi) is 5.31. The Morgan fingerprint density at radius 3 is 2.67 bits per heavy atom. The number of H-pyrrole nitrogens is 1. The predicted molar refractivity (Wildman–Crippen MR) is 108 cm³/mol. The Bertz CT molecular complexity index is 1210. The SMILES string of the molecule is CN(C(=O)[C@@H](N)c1cccc(Cl)c1)[C@H]1COCc2[nH]c(=O)c3cc(F)c(F)cc3c21. The summed E-state index contributed by atoms with van der Waals surface area (Å²) < 4.78 is 33.3. The van der Waals surface area contributed by atoms with Gasteiger partial charge in [-0.2, -0.15) is 0 Å². The summed E-state index contributed by atoms with van der Waals surface area (Å²) in [5.41, 5.74) is 7.05. The van der Waals surface area contributed by atoms with Crippen molar-refractivity contribution in [2.75, 3.05) is 13.7 Å². The maximum absolute atomic E-state index is 14.0. The van der Waals surface area contributed by atoms with Crippen LogP contribution in [-0.2, 0) is 16.1 Å². The molecule has 1 aliphatic heterocycles. The van der Waals surface area contributed by atoms with Gasteiger partial charge in [0, 0.05) is 23.3 Å². The number of fused-ring (bicyclic) bond motifs is 3. The number of halogens is 3. The van der Waals surface area contributed by atoms with Crippen LogP contribution in [0.25, 0.3) is 10.8 Å². The van der Waals surface area contributed by atoms with Gasteiger partial charge in [-0.3, -0.25) is 9.59 Å². The van der Waals surface area contributed by atoms with E-state index in [4.69, 9.17) is 22.1 Å². The Morgan fingerprint density at radius 1 is 1.27 bits per heavy atom. The van der Waals surface area contributed by atoms with E-state index in [1.165, 1.54) is 4.90 Å². The summed E-state index contributed by atoms with van der Waals surface area (Å²) in [7, 11) is 1.55. The molecule has 4 rings (SSSR count). The van der Waals surface area contributed by atoms with Crippen LogP contribution < -0.4 is 11.3 Å². The normalized spacial score (nSPS) is 16.9. The highest BCUT2D eigenvalue weighted by Crippen LogP contribution is 2.34. The van der Waals surface area contributed by atoms with Crippen LogP contribution in [0.4, 0.5) is 8.78 Å². The van der Waals surface area contributed by atoms with E-state index in [2.05, 4.69) is 4.98 Å². The van der Waals surface area contributed by atoms with Crippen molar-refractivity contribution >= 4 is 28.3 Å². The van der Waals surface area contributed by atoms with E-state index in [0.717, 1.165) is 12.1 Å². The molecule has 0 unspecified atom stereocenters. The Labute approximate surface area is 175 Å². The molecule has 156 valence electrons. The van der Waals surface area contributed by atoms with Crippen LogP contribution in [-0.4, -0.2) is 29.4 Å². The Balaban J connectivity index is 1.78. The summed E-state index contributed by atoms with van der Waals surface area (Å²) in [5.74, 6) is -2.62. The zero-order valence-corrected chi connectivity index (χ0v) is 16.7. The van der Waals surface area contributed by atoms with E-state index < -0.39 is 35.2 Å². The summed E-state index contributed by atoms with van der Waals surface area (Å²) in [5, 5.41) is 0.683. The third-order valence-corrected chi connectivity index (χ3v) is 5.56. The molecular formula is C21H18ClF2N3O3. The molecule has 3 N–H and O–H groups in total. The molecule has 1 amide bonds. The average Bonchev–Trinajstić information content (AvgIpc) is 2.73. The molecule has 2 heterocycles. The zero-order valence-electron chi connectivity index (χ0n) is 15.9. The first-order valence-corrected chi connectivity index (χ1v) is 9.55. The molecule has 3 aromatic rings. The molecule has 0 saturated carbocycles. The fourth-order valence-corrected chi connectivity index (χ4v) is 3.96. The number of nitrogens with zero attached hydrogens (tertiary/aromatic N) is 1. The third-order valence-electron chi connectivity index (χ3n) is 5.33. The summed E-state index contributed by atoms with van der Waals surface area (Å²) in [6.45, 7) is 0.191. The molecule has 2 atom stereocenters. The number of rotatable bonds is 3. The van der Waals surface area contributed by atoms with Crippen LogP contribution >= 0.6 is 11.6 Å². The molecule has 0 saturated heterocycles. The smallest absolute Gasteiger partial charge is 0.256 e. The number of aromatic nitrogens is 1. The fourth-order valence-electron chi connectivity index (χ4n) is 3.76. The van der Waals surface area contributed by atoms with E-state index in [0.29, 0.717) is 21.8 Å². The van der Waals surface area contributed by atoms with Gasteiger partial charge in [-0.15, -0.1) is 0 Å². The van der Waals surface area contributed by atoms with Crippen LogP contribution in [0.1, 0.15) is 28.9 Å². The largest absolute Gasteiger partial charge is 0.373 e. The third kappa shape index (κ3) is 3.47. The lowest BCUT2D eigenvalue weighted by molar-refractivity contribution is -0.135. The molecule has 30 heavy (non-hydrogen) atoms. The van der Waals surface area contributed by atoms with Crippen LogP contribution in [0.2, 0.25) is 5.02 Å². The number of carbonyl (C=O) groups excluding carboxylic acids is 1. The molecule has 6 nitrogen and oxygen atoms in total. The zero-order chi connectivity index (χ0) is 21.6. The van der Waals surface area contributed by atoms with Crippen molar-refractivity contribution in [3.05, 3.63) is 80.2 Å². The van der Waals surface area contributed by atoms with Crippen LogP contribution in [0.3, 0.4) is 0 Å². The highest BCUT2D eigenvalue weighted by atomic mass is 35.5. The maximum atomic E-state index is 14.0. The van der Waals surface area contributed by atoms with Crippen LogP contribution in [0.15, 0.2) is 41.2 Å². The van der Waals surface area contributed by atoms with E-state index in [-0.39, 0.29) is 24.0 Å². The topological polar surface area (TPSA) is 88.4 Å². The number of aromatic amines is 1. The van der Waals surface area contributed by atoms with Crippen LogP contribution in [0, 0.1) is 11.6 Å². The van der Waals surface area contributed by atoms with E-state index in [1.54, 1.807) is 31.3 Å². The summed E-state index contributed by atoms with van der Waals surface area (Å²) in [4.78, 5) is 29.5. The minimum absolute atomic E-state index is 0.000427. The first-order chi connectivity index (χ1) is 14.3. The van der Waals surface area contributed by atoms with Gasteiger partial charge in [-0.1, -0.05) is 23.7 Å². The number of amides is 1. The lowest BCUT2D eigenvalue weighted by Crippen LogP contribution is -2.42. The second-order valence-corrected chi connectivity index (χ2v) is 7.61. The van der Waals surface area contributed by atoms with Gasteiger partial charge in [-0.05, 0) is 35.2 Å². The number of hydrogen-bond donors (Lipinski definition) is 2.